The summed E-state index contributed by atoms with van der Waals surface area (Å²) in [7, 11) is 0. The molecule has 3 nitrogen and oxygen atoms in total. The SMILES string of the molecule is CCNC(Cc1nc(C)cs1)CC1CCCCO1. The summed E-state index contributed by atoms with van der Waals surface area (Å²) >= 11 is 1.77. The van der Waals surface area contributed by atoms with Crippen LogP contribution in [0.4, 0.5) is 0 Å². The number of nitrogens with zero attached hydrogens (tertiary/aromatic N) is 1. The van der Waals surface area contributed by atoms with Gasteiger partial charge >= 0.3 is 0 Å². The van der Waals surface area contributed by atoms with E-state index in [0.29, 0.717) is 12.1 Å². The van der Waals surface area contributed by atoms with Crippen LogP contribution in [-0.2, 0) is 11.2 Å². The zero-order valence-electron chi connectivity index (χ0n) is 11.4. The van der Waals surface area contributed by atoms with Gasteiger partial charge in [-0.25, -0.2) is 4.98 Å². The van der Waals surface area contributed by atoms with Gasteiger partial charge in [-0.2, -0.15) is 0 Å². The molecule has 1 saturated heterocycles. The number of nitrogens with one attached hydrogen (secondary N) is 1. The van der Waals surface area contributed by atoms with E-state index in [2.05, 4.69) is 29.5 Å². The molecule has 18 heavy (non-hydrogen) atoms. The van der Waals surface area contributed by atoms with Crippen LogP contribution in [0.1, 0.15) is 43.3 Å². The summed E-state index contributed by atoms with van der Waals surface area (Å²) in [5.74, 6) is 0. The monoisotopic (exact) mass is 268 g/mol. The van der Waals surface area contributed by atoms with E-state index in [4.69, 9.17) is 4.74 Å². The van der Waals surface area contributed by atoms with E-state index in [9.17, 15) is 0 Å². The first-order chi connectivity index (χ1) is 8.78. The molecule has 1 aliphatic heterocycles. The van der Waals surface area contributed by atoms with Crippen LogP contribution in [0.25, 0.3) is 0 Å². The molecule has 2 unspecified atom stereocenters. The Bertz CT molecular complexity index is 347. The Labute approximate surface area is 114 Å². The van der Waals surface area contributed by atoms with E-state index in [-0.39, 0.29) is 0 Å². The third kappa shape index (κ3) is 4.34. The highest BCUT2D eigenvalue weighted by Gasteiger charge is 2.20. The van der Waals surface area contributed by atoms with Crippen molar-refractivity contribution >= 4 is 11.3 Å². The van der Waals surface area contributed by atoms with Crippen molar-refractivity contribution in [1.82, 2.24) is 10.3 Å². The fraction of sp³-hybridized carbons (Fsp3) is 0.786. The Hall–Kier alpha value is -0.450. The maximum Gasteiger partial charge on any atom is 0.0943 e. The summed E-state index contributed by atoms with van der Waals surface area (Å²) in [6.07, 6.45) is 6.37. The topological polar surface area (TPSA) is 34.2 Å². The Morgan fingerprint density at radius 2 is 2.44 bits per heavy atom. The van der Waals surface area contributed by atoms with E-state index < -0.39 is 0 Å². The minimum atomic E-state index is 0.448. The van der Waals surface area contributed by atoms with Gasteiger partial charge in [0.15, 0.2) is 0 Å². The van der Waals surface area contributed by atoms with Crippen molar-refractivity contribution in [2.75, 3.05) is 13.2 Å². The van der Waals surface area contributed by atoms with Gasteiger partial charge in [-0.3, -0.25) is 0 Å². The van der Waals surface area contributed by atoms with Crippen molar-refractivity contribution in [2.45, 2.75) is 58.1 Å². The van der Waals surface area contributed by atoms with E-state index in [1.165, 1.54) is 24.3 Å². The summed E-state index contributed by atoms with van der Waals surface area (Å²) in [6.45, 7) is 6.19. The van der Waals surface area contributed by atoms with Gasteiger partial charge in [-0.15, -0.1) is 11.3 Å². The lowest BCUT2D eigenvalue weighted by atomic mass is 10.00. The molecular formula is C14H24N2OS. The minimum Gasteiger partial charge on any atom is -0.378 e. The average molecular weight is 268 g/mol. The molecule has 1 N–H and O–H groups in total. The van der Waals surface area contributed by atoms with Crippen molar-refractivity contribution in [3.05, 3.63) is 16.1 Å². The van der Waals surface area contributed by atoms with Crippen LogP contribution >= 0.6 is 11.3 Å². The van der Waals surface area contributed by atoms with Crippen molar-refractivity contribution in [3.8, 4) is 0 Å². The molecule has 0 radical (unpaired) electrons. The summed E-state index contributed by atoms with van der Waals surface area (Å²) in [5, 5.41) is 6.95. The average Bonchev–Trinajstić information content (AvgIpc) is 2.76. The smallest absolute Gasteiger partial charge is 0.0943 e. The number of likely N-dealkylation sites (N-methyl/N-ethyl adjacent to an activating group) is 1. The molecule has 1 fully saturated rings. The van der Waals surface area contributed by atoms with Crippen LogP contribution in [-0.4, -0.2) is 30.3 Å². The summed E-state index contributed by atoms with van der Waals surface area (Å²) in [4.78, 5) is 4.56. The molecule has 0 saturated carbocycles. The van der Waals surface area contributed by atoms with Crippen LogP contribution in [0.5, 0.6) is 0 Å². The second kappa shape index (κ2) is 7.22. The normalized spacial score (nSPS) is 22.0. The Balaban J connectivity index is 1.86. The van der Waals surface area contributed by atoms with Crippen molar-refractivity contribution in [1.29, 1.82) is 0 Å². The second-order valence-corrected chi connectivity index (χ2v) is 6.01. The Morgan fingerprint density at radius 1 is 1.56 bits per heavy atom. The number of thiazole rings is 1. The fourth-order valence-corrected chi connectivity index (χ4v) is 3.40. The van der Waals surface area contributed by atoms with Gasteiger partial charge in [0, 0.05) is 30.1 Å². The largest absolute Gasteiger partial charge is 0.378 e. The van der Waals surface area contributed by atoms with Crippen molar-refractivity contribution in [3.63, 3.8) is 0 Å². The number of hydrogen-bond donors (Lipinski definition) is 1. The summed E-state index contributed by atoms with van der Waals surface area (Å²) in [5.41, 5.74) is 1.14. The number of hydrogen-bond acceptors (Lipinski definition) is 4. The zero-order valence-corrected chi connectivity index (χ0v) is 12.3. The Kier molecular flexibility index (Phi) is 5.60. The molecule has 0 aromatic carbocycles. The van der Waals surface area contributed by atoms with Gasteiger partial charge in [-0.05, 0) is 39.2 Å². The van der Waals surface area contributed by atoms with E-state index in [1.807, 2.05) is 0 Å². The highest BCUT2D eigenvalue weighted by Crippen LogP contribution is 2.20. The first kappa shape index (κ1) is 14.0. The number of ether oxygens (including phenoxy) is 1. The van der Waals surface area contributed by atoms with Gasteiger partial charge in [-0.1, -0.05) is 6.92 Å². The molecule has 1 aromatic heterocycles. The molecule has 0 amide bonds. The third-order valence-corrected chi connectivity index (χ3v) is 4.39. The maximum atomic E-state index is 5.84. The molecule has 1 aromatic rings. The molecule has 102 valence electrons. The van der Waals surface area contributed by atoms with Gasteiger partial charge in [0.05, 0.1) is 11.1 Å². The molecule has 1 aliphatic rings. The van der Waals surface area contributed by atoms with Crippen LogP contribution in [0, 0.1) is 6.92 Å². The third-order valence-electron chi connectivity index (χ3n) is 3.40. The molecule has 0 bridgehead atoms. The predicted octanol–water partition coefficient (Wildman–Crippen LogP) is 2.93. The van der Waals surface area contributed by atoms with E-state index >= 15 is 0 Å². The highest BCUT2D eigenvalue weighted by atomic mass is 32.1. The number of aromatic nitrogens is 1. The molecule has 2 heterocycles. The molecule has 2 atom stereocenters. The lowest BCUT2D eigenvalue weighted by molar-refractivity contribution is 0.00535. The van der Waals surface area contributed by atoms with Crippen LogP contribution in [0.3, 0.4) is 0 Å². The Morgan fingerprint density at radius 3 is 3.06 bits per heavy atom. The maximum absolute atomic E-state index is 5.84. The van der Waals surface area contributed by atoms with E-state index in [1.54, 1.807) is 11.3 Å². The van der Waals surface area contributed by atoms with Gasteiger partial charge in [0.25, 0.3) is 0 Å². The van der Waals surface area contributed by atoms with Crippen LogP contribution in [0.15, 0.2) is 5.38 Å². The van der Waals surface area contributed by atoms with Gasteiger partial charge in [0.1, 0.15) is 0 Å². The standard InChI is InChI=1S/C14H24N2OS/c1-3-15-12(8-13-6-4-5-7-17-13)9-14-16-11(2)10-18-14/h10,12-13,15H,3-9H2,1-2H3. The van der Waals surface area contributed by atoms with E-state index in [0.717, 1.165) is 31.7 Å². The second-order valence-electron chi connectivity index (χ2n) is 5.07. The molecule has 2 rings (SSSR count). The summed E-state index contributed by atoms with van der Waals surface area (Å²) in [6, 6.07) is 0.503. The van der Waals surface area contributed by atoms with Crippen LogP contribution < -0.4 is 5.32 Å². The predicted molar refractivity (Wildman–Crippen MR) is 76.2 cm³/mol. The van der Waals surface area contributed by atoms with Gasteiger partial charge in [0.2, 0.25) is 0 Å². The number of aryl methyl sites for hydroxylation is 1. The lowest BCUT2D eigenvalue weighted by Crippen LogP contribution is -2.36. The molecule has 0 spiro atoms. The number of rotatable bonds is 6. The first-order valence-corrected chi connectivity index (χ1v) is 7.92. The highest BCUT2D eigenvalue weighted by molar-refractivity contribution is 7.09. The molecule has 4 heteroatoms. The summed E-state index contributed by atoms with van der Waals surface area (Å²) < 4.78 is 5.84. The van der Waals surface area contributed by atoms with Crippen molar-refractivity contribution in [2.24, 2.45) is 0 Å². The van der Waals surface area contributed by atoms with Crippen molar-refractivity contribution < 1.29 is 4.74 Å². The fourth-order valence-electron chi connectivity index (χ4n) is 2.55. The quantitative estimate of drug-likeness (QED) is 0.861. The lowest BCUT2D eigenvalue weighted by Gasteiger charge is -2.27. The molecular weight excluding hydrogens is 244 g/mol. The van der Waals surface area contributed by atoms with Gasteiger partial charge < -0.3 is 10.1 Å². The zero-order chi connectivity index (χ0) is 12.8. The minimum absolute atomic E-state index is 0.448. The first-order valence-electron chi connectivity index (χ1n) is 7.04. The molecule has 0 aliphatic carbocycles. The van der Waals surface area contributed by atoms with Crippen LogP contribution in [0.2, 0.25) is 0 Å².